The predicted molar refractivity (Wildman–Crippen MR) is 112 cm³/mol. The summed E-state index contributed by atoms with van der Waals surface area (Å²) in [5.41, 5.74) is 7.13. The maximum atomic E-state index is 12.7. The number of nitrogens with one attached hydrogen (secondary N) is 3. The highest BCUT2D eigenvalue weighted by molar-refractivity contribution is 7.98. The first-order valence-corrected chi connectivity index (χ1v) is 10.5. The molecule has 0 aliphatic carbocycles. The molecule has 3 atom stereocenters. The van der Waals surface area contributed by atoms with Crippen LogP contribution in [0.25, 0.3) is 10.9 Å². The molecule has 9 nitrogen and oxygen atoms in total. The summed E-state index contributed by atoms with van der Waals surface area (Å²) in [5, 5.41) is 24.5. The summed E-state index contributed by atoms with van der Waals surface area (Å²) in [6, 6.07) is 4.22. The van der Waals surface area contributed by atoms with Gasteiger partial charge < -0.3 is 31.6 Å². The number of hydrogen-bond acceptors (Lipinski definition) is 6. The fourth-order valence-electron chi connectivity index (χ4n) is 2.86. The predicted octanol–water partition coefficient (Wildman–Crippen LogP) is -0.163. The Morgan fingerprint density at radius 1 is 1.17 bits per heavy atom. The van der Waals surface area contributed by atoms with Gasteiger partial charge in [-0.2, -0.15) is 11.8 Å². The number of thioether (sulfide) groups is 1. The van der Waals surface area contributed by atoms with Gasteiger partial charge in [0.25, 0.3) is 0 Å². The number of H-pyrrole nitrogens is 1. The molecule has 2 amide bonds. The summed E-state index contributed by atoms with van der Waals surface area (Å²) in [6.45, 7) is -0.555. The van der Waals surface area contributed by atoms with E-state index in [1.807, 2.05) is 30.5 Å². The van der Waals surface area contributed by atoms with Gasteiger partial charge in [0.15, 0.2) is 0 Å². The average Bonchev–Trinajstić information content (AvgIpc) is 3.12. The van der Waals surface area contributed by atoms with E-state index < -0.39 is 42.5 Å². The van der Waals surface area contributed by atoms with E-state index in [9.17, 15) is 19.5 Å². The van der Waals surface area contributed by atoms with Crippen molar-refractivity contribution in [3.8, 4) is 0 Å². The van der Waals surface area contributed by atoms with Gasteiger partial charge in [-0.15, -0.1) is 0 Å². The van der Waals surface area contributed by atoms with Crippen LogP contribution >= 0.6 is 11.8 Å². The second-order valence-corrected chi connectivity index (χ2v) is 7.58. The van der Waals surface area contributed by atoms with Crippen LogP contribution in [0.15, 0.2) is 30.5 Å². The third kappa shape index (κ3) is 6.21. The van der Waals surface area contributed by atoms with E-state index in [1.54, 1.807) is 6.20 Å². The summed E-state index contributed by atoms with van der Waals surface area (Å²) < 4.78 is 0. The highest BCUT2D eigenvalue weighted by Gasteiger charge is 2.28. The maximum absolute atomic E-state index is 12.7. The Bertz CT molecular complexity index is 856. The molecule has 0 spiro atoms. The number of carboxylic acid groups (broad SMARTS) is 1. The van der Waals surface area contributed by atoms with Crippen molar-refractivity contribution < 1.29 is 24.6 Å². The van der Waals surface area contributed by atoms with Gasteiger partial charge in [-0.05, 0) is 30.1 Å². The number of carbonyl (C=O) groups excluding carboxylic acids is 2. The number of amides is 2. The highest BCUT2D eigenvalue weighted by Crippen LogP contribution is 2.19. The van der Waals surface area contributed by atoms with Crippen LogP contribution in [0.1, 0.15) is 12.0 Å². The van der Waals surface area contributed by atoms with E-state index in [-0.39, 0.29) is 6.42 Å². The van der Waals surface area contributed by atoms with Crippen molar-refractivity contribution in [1.29, 1.82) is 0 Å². The number of carboxylic acids is 1. The summed E-state index contributed by atoms with van der Waals surface area (Å²) in [6.07, 6.45) is 3.97. The standard InChI is InChI=1S/C19H26N4O5S/c1-29-7-6-15(22-17(25)13(20)10-24)18(26)23-16(19(27)28)8-11-9-21-14-5-3-2-4-12(11)14/h2-5,9,13,15-16,21,24H,6-8,10,20H2,1H3,(H,22,25)(H,23,26)(H,27,28)/t13-,15-,16-/m0/s1. The molecule has 0 bridgehead atoms. The van der Waals surface area contributed by atoms with Gasteiger partial charge in [-0.25, -0.2) is 4.79 Å². The minimum absolute atomic E-state index is 0.0877. The number of hydrogen-bond donors (Lipinski definition) is 6. The number of aliphatic hydroxyl groups is 1. The second kappa shape index (κ2) is 10.8. The minimum atomic E-state index is -1.18. The Morgan fingerprint density at radius 2 is 1.86 bits per heavy atom. The molecular weight excluding hydrogens is 396 g/mol. The van der Waals surface area contributed by atoms with Crippen molar-refractivity contribution in [3.63, 3.8) is 0 Å². The zero-order valence-corrected chi connectivity index (χ0v) is 16.9. The van der Waals surface area contributed by atoms with E-state index in [2.05, 4.69) is 15.6 Å². The Labute approximate surface area is 172 Å². The summed E-state index contributed by atoms with van der Waals surface area (Å²) in [5.74, 6) is -1.87. The van der Waals surface area contributed by atoms with Gasteiger partial charge in [0.05, 0.1) is 6.61 Å². The number of carbonyl (C=O) groups is 3. The van der Waals surface area contributed by atoms with Crippen molar-refractivity contribution in [2.75, 3.05) is 18.6 Å². The molecule has 0 fully saturated rings. The van der Waals surface area contributed by atoms with Crippen molar-refractivity contribution in [1.82, 2.24) is 15.6 Å². The molecule has 1 heterocycles. The minimum Gasteiger partial charge on any atom is -0.480 e. The quantitative estimate of drug-likeness (QED) is 0.294. The fourth-order valence-corrected chi connectivity index (χ4v) is 3.33. The molecule has 7 N–H and O–H groups in total. The molecule has 29 heavy (non-hydrogen) atoms. The first kappa shape index (κ1) is 22.7. The van der Waals surface area contributed by atoms with E-state index in [0.717, 1.165) is 16.5 Å². The van der Waals surface area contributed by atoms with Crippen LogP contribution in [0.3, 0.4) is 0 Å². The van der Waals surface area contributed by atoms with Gasteiger partial charge in [0.2, 0.25) is 11.8 Å². The van der Waals surface area contributed by atoms with Crippen LogP contribution in [0.2, 0.25) is 0 Å². The number of aromatic nitrogens is 1. The zero-order valence-electron chi connectivity index (χ0n) is 16.1. The molecule has 0 saturated carbocycles. The monoisotopic (exact) mass is 422 g/mol. The summed E-state index contributed by atoms with van der Waals surface area (Å²) in [4.78, 5) is 39.5. The molecule has 2 aromatic rings. The van der Waals surface area contributed by atoms with Crippen LogP contribution < -0.4 is 16.4 Å². The first-order valence-electron chi connectivity index (χ1n) is 9.11. The second-order valence-electron chi connectivity index (χ2n) is 6.59. The normalized spacial score (nSPS) is 14.2. The van der Waals surface area contributed by atoms with Gasteiger partial charge in [0, 0.05) is 23.5 Å². The molecule has 0 aliphatic heterocycles. The van der Waals surface area contributed by atoms with Gasteiger partial charge in [-0.1, -0.05) is 18.2 Å². The maximum Gasteiger partial charge on any atom is 0.326 e. The molecule has 0 radical (unpaired) electrons. The topological polar surface area (TPSA) is 158 Å². The lowest BCUT2D eigenvalue weighted by molar-refractivity contribution is -0.142. The molecule has 158 valence electrons. The number of nitrogens with two attached hydrogens (primary N) is 1. The number of aliphatic hydroxyl groups excluding tert-OH is 1. The zero-order chi connectivity index (χ0) is 21.4. The Hall–Kier alpha value is -2.56. The number of fused-ring (bicyclic) bond motifs is 1. The molecule has 1 aromatic heterocycles. The van der Waals surface area contributed by atoms with E-state index >= 15 is 0 Å². The fraction of sp³-hybridized carbons (Fsp3) is 0.421. The molecule has 0 unspecified atom stereocenters. The Kier molecular flexibility index (Phi) is 8.50. The van der Waals surface area contributed by atoms with Crippen LogP contribution in [-0.4, -0.2) is 69.7 Å². The van der Waals surface area contributed by atoms with E-state index in [0.29, 0.717) is 12.2 Å². The third-order valence-corrected chi connectivity index (χ3v) is 5.13. The molecular formula is C19H26N4O5S. The number of rotatable bonds is 11. The molecule has 1 aromatic carbocycles. The van der Waals surface area contributed by atoms with Crippen molar-refractivity contribution in [2.45, 2.75) is 31.0 Å². The summed E-state index contributed by atoms with van der Waals surface area (Å²) in [7, 11) is 0. The average molecular weight is 423 g/mol. The molecule has 2 rings (SSSR count). The first-order chi connectivity index (χ1) is 13.9. The summed E-state index contributed by atoms with van der Waals surface area (Å²) >= 11 is 1.49. The lowest BCUT2D eigenvalue weighted by atomic mass is 10.0. The SMILES string of the molecule is CSCC[C@H](NC(=O)[C@@H](N)CO)C(=O)N[C@@H](Cc1c[nH]c2ccccc12)C(=O)O. The number of benzene rings is 1. The lowest BCUT2D eigenvalue weighted by Gasteiger charge is -2.22. The third-order valence-electron chi connectivity index (χ3n) is 4.49. The van der Waals surface area contributed by atoms with Crippen molar-refractivity contribution in [3.05, 3.63) is 36.0 Å². The number of para-hydroxylation sites is 1. The highest BCUT2D eigenvalue weighted by atomic mass is 32.2. The Morgan fingerprint density at radius 3 is 2.52 bits per heavy atom. The van der Waals surface area contributed by atoms with Gasteiger partial charge in [-0.3, -0.25) is 9.59 Å². The molecule has 0 aliphatic rings. The van der Waals surface area contributed by atoms with Gasteiger partial charge in [0.1, 0.15) is 18.1 Å². The largest absolute Gasteiger partial charge is 0.480 e. The van der Waals surface area contributed by atoms with Crippen LogP contribution in [0, 0.1) is 0 Å². The van der Waals surface area contributed by atoms with Crippen molar-refractivity contribution in [2.24, 2.45) is 5.73 Å². The molecule has 0 saturated heterocycles. The smallest absolute Gasteiger partial charge is 0.326 e. The lowest BCUT2D eigenvalue weighted by Crippen LogP contribution is -2.55. The number of aliphatic carboxylic acids is 1. The Balaban J connectivity index is 2.12. The van der Waals surface area contributed by atoms with E-state index in [4.69, 9.17) is 10.8 Å². The van der Waals surface area contributed by atoms with Crippen LogP contribution in [-0.2, 0) is 20.8 Å². The van der Waals surface area contributed by atoms with Crippen LogP contribution in [0.4, 0.5) is 0 Å². The molecule has 10 heteroatoms. The van der Waals surface area contributed by atoms with E-state index in [1.165, 1.54) is 11.8 Å². The number of aromatic amines is 1. The van der Waals surface area contributed by atoms with Crippen molar-refractivity contribution >= 4 is 40.4 Å². The van der Waals surface area contributed by atoms with Crippen LogP contribution in [0.5, 0.6) is 0 Å². The van der Waals surface area contributed by atoms with Gasteiger partial charge >= 0.3 is 5.97 Å².